The van der Waals surface area contributed by atoms with Crippen LogP contribution in [0, 0.1) is 11.3 Å². The Hall–Kier alpha value is -1.30. The van der Waals surface area contributed by atoms with Crippen molar-refractivity contribution < 1.29 is 14.7 Å². The van der Waals surface area contributed by atoms with Crippen molar-refractivity contribution in [2.24, 2.45) is 11.3 Å². The number of carbonyl (C=O) groups excluding carboxylic acids is 1. The van der Waals surface area contributed by atoms with Gasteiger partial charge in [-0.15, -0.1) is 0 Å². The maximum Gasteiger partial charge on any atom is 0.317 e. The Kier molecular flexibility index (Phi) is 5.08. The molecule has 1 aliphatic carbocycles. The molecule has 1 saturated heterocycles. The Morgan fingerprint density at radius 3 is 2.29 bits per heavy atom. The van der Waals surface area contributed by atoms with Gasteiger partial charge < -0.3 is 20.2 Å². The van der Waals surface area contributed by atoms with Crippen molar-refractivity contribution in [3.8, 4) is 0 Å². The summed E-state index contributed by atoms with van der Waals surface area (Å²) >= 11 is 0. The van der Waals surface area contributed by atoms with E-state index in [2.05, 4.69) is 17.1 Å². The number of rotatable bonds is 3. The largest absolute Gasteiger partial charge is 0.481 e. The third kappa shape index (κ3) is 3.87. The molecule has 0 aromatic rings. The minimum absolute atomic E-state index is 0.123. The number of likely N-dealkylation sites (N-methyl/N-ethyl adjacent to an activating group) is 1. The van der Waals surface area contributed by atoms with Crippen molar-refractivity contribution >= 4 is 12.0 Å². The molecule has 0 aromatic carbocycles. The van der Waals surface area contributed by atoms with Crippen molar-refractivity contribution in [2.45, 2.75) is 32.6 Å². The van der Waals surface area contributed by atoms with E-state index < -0.39 is 11.4 Å². The Morgan fingerprint density at radius 2 is 1.76 bits per heavy atom. The van der Waals surface area contributed by atoms with Gasteiger partial charge in [-0.1, -0.05) is 6.92 Å². The van der Waals surface area contributed by atoms with Crippen LogP contribution in [0.3, 0.4) is 0 Å². The van der Waals surface area contributed by atoms with Gasteiger partial charge in [0.2, 0.25) is 0 Å². The number of aliphatic carboxylic acids is 1. The first-order valence-electron chi connectivity index (χ1n) is 7.88. The van der Waals surface area contributed by atoms with E-state index >= 15 is 0 Å². The standard InChI is InChI=1S/C15H27N3O3/c1-12-3-5-15(6-4-12,13(19)20)11-16-14(21)18-9-7-17(2)8-10-18/h12H,3-11H2,1-2H3,(H,16,21)(H,19,20). The second-order valence-corrected chi connectivity index (χ2v) is 6.72. The van der Waals surface area contributed by atoms with E-state index in [-0.39, 0.29) is 12.6 Å². The lowest BCUT2D eigenvalue weighted by Crippen LogP contribution is -2.53. The van der Waals surface area contributed by atoms with Crippen molar-refractivity contribution in [2.75, 3.05) is 39.8 Å². The molecule has 6 nitrogen and oxygen atoms in total. The third-order valence-corrected chi connectivity index (χ3v) is 5.05. The fourth-order valence-electron chi connectivity index (χ4n) is 3.15. The van der Waals surface area contributed by atoms with E-state index in [9.17, 15) is 14.7 Å². The van der Waals surface area contributed by atoms with Crippen LogP contribution in [0.5, 0.6) is 0 Å². The zero-order valence-electron chi connectivity index (χ0n) is 13.1. The predicted molar refractivity (Wildman–Crippen MR) is 80.2 cm³/mol. The maximum atomic E-state index is 12.2. The maximum absolute atomic E-state index is 12.2. The van der Waals surface area contributed by atoms with Crippen LogP contribution in [0.2, 0.25) is 0 Å². The van der Waals surface area contributed by atoms with Crippen LogP contribution in [0.25, 0.3) is 0 Å². The fourth-order valence-corrected chi connectivity index (χ4v) is 3.15. The topological polar surface area (TPSA) is 72.9 Å². The fraction of sp³-hybridized carbons (Fsp3) is 0.867. The molecule has 1 saturated carbocycles. The molecular weight excluding hydrogens is 270 g/mol. The van der Waals surface area contributed by atoms with Crippen LogP contribution >= 0.6 is 0 Å². The molecule has 0 unspecified atom stereocenters. The molecule has 2 fully saturated rings. The van der Waals surface area contributed by atoms with E-state index in [1.54, 1.807) is 4.90 Å². The summed E-state index contributed by atoms with van der Waals surface area (Å²) in [6.07, 6.45) is 3.17. The number of carboxylic acids is 1. The number of amides is 2. The number of nitrogens with zero attached hydrogens (tertiary/aromatic N) is 2. The van der Waals surface area contributed by atoms with Gasteiger partial charge in [-0.25, -0.2) is 4.79 Å². The summed E-state index contributed by atoms with van der Waals surface area (Å²) in [6.45, 7) is 5.57. The molecule has 0 spiro atoms. The quantitative estimate of drug-likeness (QED) is 0.821. The van der Waals surface area contributed by atoms with Crippen LogP contribution in [0.15, 0.2) is 0 Å². The van der Waals surface area contributed by atoms with Crippen LogP contribution < -0.4 is 5.32 Å². The lowest BCUT2D eigenvalue weighted by atomic mass is 9.71. The average Bonchev–Trinajstić information content (AvgIpc) is 2.47. The third-order valence-electron chi connectivity index (χ3n) is 5.05. The van der Waals surface area contributed by atoms with Crippen LogP contribution in [0.4, 0.5) is 4.79 Å². The summed E-state index contributed by atoms with van der Waals surface area (Å²) in [5.41, 5.74) is -0.769. The van der Waals surface area contributed by atoms with Crippen LogP contribution in [0.1, 0.15) is 32.6 Å². The summed E-state index contributed by atoms with van der Waals surface area (Å²) in [6, 6.07) is -0.123. The Labute approximate surface area is 126 Å². The highest BCUT2D eigenvalue weighted by atomic mass is 16.4. The molecule has 6 heteroatoms. The second-order valence-electron chi connectivity index (χ2n) is 6.72. The van der Waals surface area contributed by atoms with Crippen molar-refractivity contribution in [1.29, 1.82) is 0 Å². The molecule has 1 aliphatic heterocycles. The normalized spacial score (nSPS) is 31.0. The number of carbonyl (C=O) groups is 2. The van der Waals surface area contributed by atoms with E-state index in [4.69, 9.17) is 0 Å². The minimum Gasteiger partial charge on any atom is -0.481 e. The number of piperazine rings is 1. The summed E-state index contributed by atoms with van der Waals surface area (Å²) in [7, 11) is 2.04. The summed E-state index contributed by atoms with van der Waals surface area (Å²) < 4.78 is 0. The van der Waals surface area contributed by atoms with E-state index in [0.29, 0.717) is 31.8 Å². The predicted octanol–water partition coefficient (Wildman–Crippen LogP) is 1.22. The van der Waals surface area contributed by atoms with Gasteiger partial charge in [0.05, 0.1) is 5.41 Å². The van der Waals surface area contributed by atoms with Gasteiger partial charge in [-0.05, 0) is 38.6 Å². The average molecular weight is 297 g/mol. The minimum atomic E-state index is -0.770. The number of nitrogens with one attached hydrogen (secondary N) is 1. The molecule has 0 aromatic heterocycles. The van der Waals surface area contributed by atoms with Crippen LogP contribution in [-0.2, 0) is 4.79 Å². The smallest absolute Gasteiger partial charge is 0.317 e. The molecule has 0 bridgehead atoms. The van der Waals surface area contributed by atoms with Crippen molar-refractivity contribution in [3.63, 3.8) is 0 Å². The molecule has 0 radical (unpaired) electrons. The molecule has 2 N–H and O–H groups in total. The molecular formula is C15H27N3O3. The molecule has 2 amide bonds. The Morgan fingerprint density at radius 1 is 1.19 bits per heavy atom. The van der Waals surface area contributed by atoms with Gasteiger partial charge in [-0.3, -0.25) is 4.79 Å². The first-order valence-corrected chi connectivity index (χ1v) is 7.88. The zero-order valence-corrected chi connectivity index (χ0v) is 13.1. The lowest BCUT2D eigenvalue weighted by Gasteiger charge is -2.37. The Balaban J connectivity index is 1.87. The molecule has 21 heavy (non-hydrogen) atoms. The SMILES string of the molecule is CC1CCC(CNC(=O)N2CCN(C)CC2)(C(=O)O)CC1. The van der Waals surface area contributed by atoms with Gasteiger partial charge in [0, 0.05) is 32.7 Å². The summed E-state index contributed by atoms with van der Waals surface area (Å²) in [5, 5.41) is 12.4. The highest BCUT2D eigenvalue weighted by Gasteiger charge is 2.41. The molecule has 2 rings (SSSR count). The highest BCUT2D eigenvalue weighted by molar-refractivity contribution is 5.78. The van der Waals surface area contributed by atoms with Crippen LogP contribution in [-0.4, -0.2) is 66.7 Å². The van der Waals surface area contributed by atoms with Gasteiger partial charge in [0.15, 0.2) is 0 Å². The first-order chi connectivity index (χ1) is 9.93. The summed E-state index contributed by atoms with van der Waals surface area (Å²) in [5.74, 6) is -0.182. The number of hydrogen-bond acceptors (Lipinski definition) is 3. The molecule has 120 valence electrons. The zero-order chi connectivity index (χ0) is 15.5. The number of carboxylic acid groups (broad SMARTS) is 1. The number of hydrogen-bond donors (Lipinski definition) is 2. The van der Waals surface area contributed by atoms with E-state index in [1.807, 2.05) is 7.05 Å². The monoisotopic (exact) mass is 297 g/mol. The Bertz CT molecular complexity index is 384. The van der Waals surface area contributed by atoms with Gasteiger partial charge in [0.25, 0.3) is 0 Å². The van der Waals surface area contributed by atoms with Crippen molar-refractivity contribution in [3.05, 3.63) is 0 Å². The second kappa shape index (κ2) is 6.64. The molecule has 0 atom stereocenters. The number of urea groups is 1. The highest BCUT2D eigenvalue weighted by Crippen LogP contribution is 2.38. The first kappa shape index (κ1) is 16.1. The molecule has 1 heterocycles. The molecule has 2 aliphatic rings. The van der Waals surface area contributed by atoms with Gasteiger partial charge in [0.1, 0.15) is 0 Å². The lowest BCUT2D eigenvalue weighted by molar-refractivity contribution is -0.151. The van der Waals surface area contributed by atoms with Gasteiger partial charge >= 0.3 is 12.0 Å². The van der Waals surface area contributed by atoms with E-state index in [1.165, 1.54) is 0 Å². The summed E-state index contributed by atoms with van der Waals surface area (Å²) in [4.78, 5) is 27.8. The van der Waals surface area contributed by atoms with Crippen molar-refractivity contribution in [1.82, 2.24) is 15.1 Å². The van der Waals surface area contributed by atoms with E-state index in [0.717, 1.165) is 25.9 Å². The van der Waals surface area contributed by atoms with Gasteiger partial charge in [-0.2, -0.15) is 0 Å².